The lowest BCUT2D eigenvalue weighted by Gasteiger charge is -2.13. The van der Waals surface area contributed by atoms with Crippen molar-refractivity contribution in [2.24, 2.45) is 4.99 Å². The molecule has 2 rings (SSSR count). The maximum Gasteiger partial charge on any atom is 0.191 e. The summed E-state index contributed by atoms with van der Waals surface area (Å²) in [6.45, 7) is 5.09. The van der Waals surface area contributed by atoms with Gasteiger partial charge in [-0.05, 0) is 30.7 Å². The molecule has 6 heteroatoms. The Hall–Kier alpha value is -1.70. The molecule has 126 valence electrons. The minimum absolute atomic E-state index is 0. The summed E-state index contributed by atoms with van der Waals surface area (Å²) in [6.07, 6.45) is 4.10. The third-order valence-electron chi connectivity index (χ3n) is 3.30. The number of para-hydroxylation sites is 1. The van der Waals surface area contributed by atoms with Crippen molar-refractivity contribution in [2.75, 3.05) is 26.7 Å². The first-order valence-corrected chi connectivity index (χ1v) is 7.53. The van der Waals surface area contributed by atoms with Crippen LogP contribution in [0.2, 0.25) is 0 Å². The van der Waals surface area contributed by atoms with E-state index in [-0.39, 0.29) is 24.0 Å². The monoisotopic (exact) mass is 428 g/mol. The summed E-state index contributed by atoms with van der Waals surface area (Å²) in [5, 5.41) is 6.52. The zero-order valence-electron chi connectivity index (χ0n) is 13.7. The van der Waals surface area contributed by atoms with Crippen LogP contribution in [0.1, 0.15) is 5.56 Å². The SMILES string of the molecule is CN=C(NCCOc1ccccc1C)NCCn1cccc1.I. The van der Waals surface area contributed by atoms with E-state index in [0.717, 1.165) is 30.4 Å². The van der Waals surface area contributed by atoms with Gasteiger partial charge >= 0.3 is 0 Å². The third kappa shape index (κ3) is 6.94. The van der Waals surface area contributed by atoms with Crippen LogP contribution in [0.15, 0.2) is 53.8 Å². The second-order valence-corrected chi connectivity index (χ2v) is 4.96. The van der Waals surface area contributed by atoms with Gasteiger partial charge in [0.05, 0.1) is 6.54 Å². The van der Waals surface area contributed by atoms with Crippen LogP contribution in [0.5, 0.6) is 5.75 Å². The fraction of sp³-hybridized carbons (Fsp3) is 0.353. The molecule has 0 aliphatic carbocycles. The van der Waals surface area contributed by atoms with Gasteiger partial charge in [-0.1, -0.05) is 18.2 Å². The number of rotatable bonds is 7. The van der Waals surface area contributed by atoms with Crippen molar-refractivity contribution in [2.45, 2.75) is 13.5 Å². The van der Waals surface area contributed by atoms with Gasteiger partial charge in [0.15, 0.2) is 5.96 Å². The number of benzene rings is 1. The molecule has 0 saturated carbocycles. The number of nitrogens with zero attached hydrogens (tertiary/aromatic N) is 2. The topological polar surface area (TPSA) is 50.6 Å². The highest BCUT2D eigenvalue weighted by Crippen LogP contribution is 2.15. The number of aliphatic imine (C=N–C) groups is 1. The predicted octanol–water partition coefficient (Wildman–Crippen LogP) is 2.66. The van der Waals surface area contributed by atoms with E-state index in [2.05, 4.69) is 20.2 Å². The summed E-state index contributed by atoms with van der Waals surface area (Å²) in [5.74, 6) is 1.72. The fourth-order valence-corrected chi connectivity index (χ4v) is 2.09. The first kappa shape index (κ1) is 19.3. The zero-order valence-corrected chi connectivity index (χ0v) is 16.0. The van der Waals surface area contributed by atoms with E-state index in [1.54, 1.807) is 7.05 Å². The van der Waals surface area contributed by atoms with Crippen molar-refractivity contribution >= 4 is 29.9 Å². The average molecular weight is 428 g/mol. The highest BCUT2D eigenvalue weighted by atomic mass is 127. The van der Waals surface area contributed by atoms with Crippen LogP contribution in [0.3, 0.4) is 0 Å². The standard InChI is InChI=1S/C17H24N4O.HI/c1-15-7-3-4-8-16(15)22-14-10-20-17(18-2)19-9-13-21-11-5-6-12-21;/h3-8,11-12H,9-10,13-14H2,1-2H3,(H2,18,19,20);1H. The second-order valence-electron chi connectivity index (χ2n) is 4.96. The minimum atomic E-state index is 0. The summed E-state index contributed by atoms with van der Waals surface area (Å²) >= 11 is 0. The molecule has 0 atom stereocenters. The second kappa shape index (κ2) is 10.9. The van der Waals surface area contributed by atoms with Gasteiger partial charge in [-0.25, -0.2) is 0 Å². The number of aryl methyl sites for hydroxylation is 1. The Morgan fingerprint density at radius 3 is 2.48 bits per heavy atom. The molecule has 2 N–H and O–H groups in total. The first-order chi connectivity index (χ1) is 10.8. The Kier molecular flexibility index (Phi) is 9.20. The van der Waals surface area contributed by atoms with Gasteiger partial charge in [-0.3, -0.25) is 4.99 Å². The van der Waals surface area contributed by atoms with Crippen LogP contribution in [0.4, 0.5) is 0 Å². The van der Waals surface area contributed by atoms with Crippen LogP contribution in [-0.4, -0.2) is 37.3 Å². The molecule has 0 spiro atoms. The van der Waals surface area contributed by atoms with Crippen molar-refractivity contribution in [3.63, 3.8) is 0 Å². The summed E-state index contributed by atoms with van der Waals surface area (Å²) in [7, 11) is 1.77. The Balaban J connectivity index is 0.00000264. The number of hydrogen-bond acceptors (Lipinski definition) is 2. The lowest BCUT2D eigenvalue weighted by Crippen LogP contribution is -2.40. The molecule has 0 aliphatic heterocycles. The molecule has 5 nitrogen and oxygen atoms in total. The molecular formula is C17H25IN4O. The summed E-state index contributed by atoms with van der Waals surface area (Å²) in [6, 6.07) is 12.1. The van der Waals surface area contributed by atoms with Crippen molar-refractivity contribution < 1.29 is 4.74 Å². The fourth-order valence-electron chi connectivity index (χ4n) is 2.09. The molecule has 2 aromatic rings. The van der Waals surface area contributed by atoms with Crippen molar-refractivity contribution in [1.29, 1.82) is 0 Å². The Labute approximate surface area is 155 Å². The first-order valence-electron chi connectivity index (χ1n) is 7.53. The molecular weight excluding hydrogens is 403 g/mol. The van der Waals surface area contributed by atoms with E-state index in [0.29, 0.717) is 13.2 Å². The molecule has 1 aromatic carbocycles. The molecule has 1 heterocycles. The number of hydrogen-bond donors (Lipinski definition) is 2. The molecule has 0 unspecified atom stereocenters. The molecule has 0 bridgehead atoms. The van der Waals surface area contributed by atoms with Crippen LogP contribution in [0.25, 0.3) is 0 Å². The largest absolute Gasteiger partial charge is 0.491 e. The van der Waals surface area contributed by atoms with Gasteiger partial charge in [0.25, 0.3) is 0 Å². The molecule has 0 amide bonds. The van der Waals surface area contributed by atoms with Crippen molar-refractivity contribution in [1.82, 2.24) is 15.2 Å². The maximum atomic E-state index is 5.75. The van der Waals surface area contributed by atoms with Crippen LogP contribution in [0, 0.1) is 6.92 Å². The number of aromatic nitrogens is 1. The maximum absolute atomic E-state index is 5.75. The van der Waals surface area contributed by atoms with Crippen LogP contribution < -0.4 is 15.4 Å². The Bertz CT molecular complexity index is 584. The van der Waals surface area contributed by atoms with Gasteiger partial charge in [-0.2, -0.15) is 0 Å². The molecule has 0 radical (unpaired) electrons. The van der Waals surface area contributed by atoms with Crippen molar-refractivity contribution in [3.05, 3.63) is 54.4 Å². The molecule has 0 saturated heterocycles. The number of halogens is 1. The van der Waals surface area contributed by atoms with E-state index in [4.69, 9.17) is 4.74 Å². The lowest BCUT2D eigenvalue weighted by atomic mass is 10.2. The third-order valence-corrected chi connectivity index (χ3v) is 3.30. The minimum Gasteiger partial charge on any atom is -0.491 e. The highest BCUT2D eigenvalue weighted by Gasteiger charge is 1.99. The number of nitrogens with one attached hydrogen (secondary N) is 2. The van der Waals surface area contributed by atoms with Crippen molar-refractivity contribution in [3.8, 4) is 5.75 Å². The lowest BCUT2D eigenvalue weighted by molar-refractivity contribution is 0.320. The van der Waals surface area contributed by atoms with Gasteiger partial charge in [0.1, 0.15) is 12.4 Å². The van der Waals surface area contributed by atoms with Crippen LogP contribution in [-0.2, 0) is 6.54 Å². The summed E-state index contributed by atoms with van der Waals surface area (Å²) in [4.78, 5) is 4.20. The predicted molar refractivity (Wildman–Crippen MR) is 106 cm³/mol. The van der Waals surface area contributed by atoms with E-state index in [1.165, 1.54) is 0 Å². The van der Waals surface area contributed by atoms with E-state index >= 15 is 0 Å². The summed E-state index contributed by atoms with van der Waals surface area (Å²) < 4.78 is 7.87. The normalized spacial score (nSPS) is 10.8. The molecule has 1 aromatic heterocycles. The Morgan fingerprint density at radius 2 is 1.78 bits per heavy atom. The van der Waals surface area contributed by atoms with Gasteiger partial charge in [0.2, 0.25) is 0 Å². The summed E-state index contributed by atoms with van der Waals surface area (Å²) in [5.41, 5.74) is 1.15. The zero-order chi connectivity index (χ0) is 15.6. The average Bonchev–Trinajstić information content (AvgIpc) is 3.04. The molecule has 0 aliphatic rings. The molecule has 0 fully saturated rings. The van der Waals surface area contributed by atoms with Crippen LogP contribution >= 0.6 is 24.0 Å². The highest BCUT2D eigenvalue weighted by molar-refractivity contribution is 14.0. The van der Waals surface area contributed by atoms with Gasteiger partial charge < -0.3 is 19.9 Å². The number of guanidine groups is 1. The quantitative estimate of drug-likeness (QED) is 0.309. The van der Waals surface area contributed by atoms with Gasteiger partial charge in [0, 0.05) is 32.5 Å². The smallest absolute Gasteiger partial charge is 0.191 e. The Morgan fingerprint density at radius 1 is 1.09 bits per heavy atom. The van der Waals surface area contributed by atoms with Gasteiger partial charge in [-0.15, -0.1) is 24.0 Å². The van der Waals surface area contributed by atoms with E-state index in [1.807, 2.05) is 55.7 Å². The van der Waals surface area contributed by atoms with E-state index in [9.17, 15) is 0 Å². The van der Waals surface area contributed by atoms with E-state index < -0.39 is 0 Å². The number of ether oxygens (including phenoxy) is 1. The molecule has 23 heavy (non-hydrogen) atoms.